The van der Waals surface area contributed by atoms with E-state index in [9.17, 15) is 0 Å². The molecule has 1 aromatic rings. The summed E-state index contributed by atoms with van der Waals surface area (Å²) >= 11 is 6.06. The molecule has 1 heterocycles. The van der Waals surface area contributed by atoms with Gasteiger partial charge in [0.05, 0.1) is 4.90 Å². The van der Waals surface area contributed by atoms with E-state index in [4.69, 9.17) is 9.47 Å². The molecule has 0 saturated carbocycles. The van der Waals surface area contributed by atoms with Crippen LogP contribution in [0, 0.1) is 0 Å². The van der Waals surface area contributed by atoms with Gasteiger partial charge < -0.3 is 9.47 Å². The van der Waals surface area contributed by atoms with Crippen LogP contribution < -0.4 is 9.47 Å². The highest BCUT2D eigenvalue weighted by Gasteiger charge is 2.19. The van der Waals surface area contributed by atoms with Crippen molar-refractivity contribution in [3.63, 3.8) is 0 Å². The lowest BCUT2D eigenvalue weighted by molar-refractivity contribution is 0.171. The predicted octanol–water partition coefficient (Wildman–Crippen LogP) is 2.57. The number of benzene rings is 1. The van der Waals surface area contributed by atoms with Crippen molar-refractivity contribution in [2.45, 2.75) is 10.6 Å². The first-order valence-electron chi connectivity index (χ1n) is 3.92. The molecule has 0 unspecified atom stereocenters. The number of hydrogen-bond donors (Lipinski definition) is 1. The molecule has 0 radical (unpaired) electrons. The van der Waals surface area contributed by atoms with Gasteiger partial charge in [0.1, 0.15) is 0 Å². The number of thioether (sulfide) groups is 1. The Morgan fingerprint density at radius 2 is 2.15 bits per heavy atom. The molecule has 2 rings (SSSR count). The monoisotopic (exact) mass is 214 g/mol. The minimum atomic E-state index is 0.314. The maximum absolute atomic E-state index is 5.38. The Kier molecular flexibility index (Phi) is 2.60. The van der Waals surface area contributed by atoms with Gasteiger partial charge in [-0.3, -0.25) is 0 Å². The van der Waals surface area contributed by atoms with E-state index >= 15 is 0 Å². The maximum Gasteiger partial charge on any atom is 0.231 e. The Balaban J connectivity index is 2.43. The summed E-state index contributed by atoms with van der Waals surface area (Å²) in [6.07, 6.45) is 2.07. The standard InChI is InChI=1S/C9H10O2S2/c1-13-4-6-2-3-7(12)9-8(6)10-5-11-9/h2-3,12H,4-5H2,1H3. The molecule has 0 saturated heterocycles. The summed E-state index contributed by atoms with van der Waals surface area (Å²) in [4.78, 5) is 0.845. The van der Waals surface area contributed by atoms with Crippen LogP contribution in [0.1, 0.15) is 5.56 Å². The molecule has 0 spiro atoms. The van der Waals surface area contributed by atoms with Gasteiger partial charge >= 0.3 is 0 Å². The Morgan fingerprint density at radius 3 is 2.92 bits per heavy atom. The summed E-state index contributed by atoms with van der Waals surface area (Å²) in [7, 11) is 0. The van der Waals surface area contributed by atoms with E-state index in [1.807, 2.05) is 12.1 Å². The highest BCUT2D eigenvalue weighted by Crippen LogP contribution is 2.41. The van der Waals surface area contributed by atoms with Crippen LogP contribution in [-0.4, -0.2) is 13.0 Å². The molecule has 2 nitrogen and oxygen atoms in total. The Hall–Kier alpha value is -0.480. The van der Waals surface area contributed by atoms with Gasteiger partial charge in [-0.1, -0.05) is 6.07 Å². The number of fused-ring (bicyclic) bond motifs is 1. The molecule has 4 heteroatoms. The second-order valence-electron chi connectivity index (χ2n) is 2.74. The Morgan fingerprint density at radius 1 is 1.38 bits per heavy atom. The van der Waals surface area contributed by atoms with Gasteiger partial charge in [-0.05, 0) is 12.3 Å². The van der Waals surface area contributed by atoms with Crippen molar-refractivity contribution >= 4 is 24.4 Å². The molecule has 0 aliphatic carbocycles. The third-order valence-electron chi connectivity index (χ3n) is 1.88. The average molecular weight is 214 g/mol. The maximum atomic E-state index is 5.38. The van der Waals surface area contributed by atoms with E-state index in [2.05, 4.69) is 18.9 Å². The van der Waals surface area contributed by atoms with Crippen LogP contribution in [0.25, 0.3) is 0 Å². The molecule has 0 amide bonds. The molecule has 0 atom stereocenters. The lowest BCUT2D eigenvalue weighted by Gasteiger charge is -2.05. The quantitative estimate of drug-likeness (QED) is 0.763. The third kappa shape index (κ3) is 1.60. The van der Waals surface area contributed by atoms with E-state index in [1.165, 1.54) is 5.56 Å². The van der Waals surface area contributed by atoms with Crippen LogP contribution in [0.15, 0.2) is 17.0 Å². The van der Waals surface area contributed by atoms with Crippen molar-refractivity contribution in [1.82, 2.24) is 0 Å². The van der Waals surface area contributed by atoms with Gasteiger partial charge in [0.2, 0.25) is 6.79 Å². The van der Waals surface area contributed by atoms with Crippen LogP contribution in [-0.2, 0) is 5.75 Å². The summed E-state index contributed by atoms with van der Waals surface area (Å²) in [5.74, 6) is 2.59. The van der Waals surface area contributed by atoms with E-state index in [-0.39, 0.29) is 0 Å². The first kappa shape index (κ1) is 9.09. The highest BCUT2D eigenvalue weighted by molar-refractivity contribution is 7.97. The van der Waals surface area contributed by atoms with Crippen LogP contribution in [0.4, 0.5) is 0 Å². The number of ether oxygens (including phenoxy) is 2. The molecule has 0 fully saturated rings. The molecule has 0 N–H and O–H groups in total. The number of hydrogen-bond acceptors (Lipinski definition) is 4. The average Bonchev–Trinajstić information content (AvgIpc) is 2.59. The minimum absolute atomic E-state index is 0.314. The zero-order chi connectivity index (χ0) is 9.26. The lowest BCUT2D eigenvalue weighted by Crippen LogP contribution is -1.94. The predicted molar refractivity (Wildman–Crippen MR) is 57.0 cm³/mol. The lowest BCUT2D eigenvalue weighted by atomic mass is 10.2. The molecular formula is C9H10O2S2. The molecule has 70 valence electrons. The van der Waals surface area contributed by atoms with Crippen LogP contribution in [0.2, 0.25) is 0 Å². The molecular weight excluding hydrogens is 204 g/mol. The largest absolute Gasteiger partial charge is 0.453 e. The fourth-order valence-electron chi connectivity index (χ4n) is 1.31. The fourth-order valence-corrected chi connectivity index (χ4v) is 2.09. The van der Waals surface area contributed by atoms with Gasteiger partial charge in [-0.15, -0.1) is 12.6 Å². The molecule has 1 aromatic carbocycles. The zero-order valence-electron chi connectivity index (χ0n) is 7.24. The van der Waals surface area contributed by atoms with E-state index in [0.717, 1.165) is 22.1 Å². The summed E-state index contributed by atoms with van der Waals surface area (Å²) in [5.41, 5.74) is 1.18. The third-order valence-corrected chi connectivity index (χ3v) is 2.83. The Bertz CT molecular complexity index is 326. The van der Waals surface area contributed by atoms with E-state index < -0.39 is 0 Å². The molecule has 0 bridgehead atoms. The van der Waals surface area contributed by atoms with Crippen molar-refractivity contribution in [2.24, 2.45) is 0 Å². The summed E-state index contributed by atoms with van der Waals surface area (Å²) < 4.78 is 10.7. The van der Waals surface area contributed by atoms with Gasteiger partial charge in [-0.25, -0.2) is 0 Å². The fraction of sp³-hybridized carbons (Fsp3) is 0.333. The summed E-state index contributed by atoms with van der Waals surface area (Å²) in [5, 5.41) is 0. The molecule has 13 heavy (non-hydrogen) atoms. The van der Waals surface area contributed by atoms with Gasteiger partial charge in [0.25, 0.3) is 0 Å². The second-order valence-corrected chi connectivity index (χ2v) is 4.09. The van der Waals surface area contributed by atoms with Crippen LogP contribution in [0.5, 0.6) is 11.5 Å². The van der Waals surface area contributed by atoms with Gasteiger partial charge in [-0.2, -0.15) is 11.8 Å². The normalized spacial score (nSPS) is 13.4. The summed E-state index contributed by atoms with van der Waals surface area (Å²) in [6.45, 7) is 0.314. The van der Waals surface area contributed by atoms with Crippen LogP contribution >= 0.6 is 24.4 Å². The number of rotatable bonds is 2. The van der Waals surface area contributed by atoms with Crippen molar-refractivity contribution < 1.29 is 9.47 Å². The smallest absolute Gasteiger partial charge is 0.231 e. The van der Waals surface area contributed by atoms with Crippen molar-refractivity contribution in [1.29, 1.82) is 0 Å². The van der Waals surface area contributed by atoms with Gasteiger partial charge in [0.15, 0.2) is 11.5 Å². The highest BCUT2D eigenvalue weighted by atomic mass is 32.2. The topological polar surface area (TPSA) is 18.5 Å². The van der Waals surface area contributed by atoms with E-state index in [0.29, 0.717) is 6.79 Å². The SMILES string of the molecule is CSCc1ccc(S)c2c1OCO2. The molecule has 0 aromatic heterocycles. The second kappa shape index (κ2) is 3.72. The van der Waals surface area contributed by atoms with Crippen LogP contribution in [0.3, 0.4) is 0 Å². The molecule has 1 aliphatic rings. The van der Waals surface area contributed by atoms with Crippen molar-refractivity contribution in [2.75, 3.05) is 13.0 Å². The van der Waals surface area contributed by atoms with Gasteiger partial charge in [0, 0.05) is 11.3 Å². The van der Waals surface area contributed by atoms with Crippen molar-refractivity contribution in [3.8, 4) is 11.5 Å². The first-order valence-corrected chi connectivity index (χ1v) is 5.76. The first-order chi connectivity index (χ1) is 6.33. The number of thiol groups is 1. The molecule has 1 aliphatic heterocycles. The zero-order valence-corrected chi connectivity index (χ0v) is 8.95. The Labute approximate surface area is 87.0 Å². The van der Waals surface area contributed by atoms with Crippen molar-refractivity contribution in [3.05, 3.63) is 17.7 Å². The minimum Gasteiger partial charge on any atom is -0.453 e. The van der Waals surface area contributed by atoms with E-state index in [1.54, 1.807) is 11.8 Å². The summed E-state index contributed by atoms with van der Waals surface area (Å²) in [6, 6.07) is 3.98.